The minimum Gasteiger partial charge on any atom is -0.466 e. The van der Waals surface area contributed by atoms with Gasteiger partial charge in [0, 0.05) is 19.2 Å². The maximum atomic E-state index is 13.4. The molecule has 3 heterocycles. The Hall–Kier alpha value is -3.06. The summed E-state index contributed by atoms with van der Waals surface area (Å²) in [5.74, 6) is 0.823. The van der Waals surface area contributed by atoms with Crippen LogP contribution in [0.3, 0.4) is 0 Å². The first kappa shape index (κ1) is 21.2. The van der Waals surface area contributed by atoms with Crippen molar-refractivity contribution < 1.29 is 18.7 Å². The molecular weight excluding hydrogens is 418 g/mol. The molecule has 0 radical (unpaired) electrons. The monoisotopic (exact) mass is 441 g/mol. The van der Waals surface area contributed by atoms with E-state index in [1.807, 2.05) is 37.3 Å². The largest absolute Gasteiger partial charge is 0.466 e. The van der Waals surface area contributed by atoms with Crippen LogP contribution in [-0.4, -0.2) is 46.3 Å². The Balaban J connectivity index is 1.64. The third kappa shape index (κ3) is 4.37. The summed E-state index contributed by atoms with van der Waals surface area (Å²) in [5.41, 5.74) is 1.56. The van der Waals surface area contributed by atoms with Crippen molar-refractivity contribution in [1.29, 1.82) is 0 Å². The lowest BCUT2D eigenvalue weighted by Gasteiger charge is -2.30. The van der Waals surface area contributed by atoms with E-state index in [9.17, 15) is 9.59 Å². The van der Waals surface area contributed by atoms with Gasteiger partial charge in [0.05, 0.1) is 23.2 Å². The van der Waals surface area contributed by atoms with Crippen molar-refractivity contribution in [3.05, 3.63) is 58.9 Å². The number of hydrogen-bond acceptors (Lipinski definition) is 5. The number of piperidine rings is 1. The first-order valence-corrected chi connectivity index (χ1v) is 10.7. The third-order valence-electron chi connectivity index (χ3n) is 5.40. The quantitative estimate of drug-likeness (QED) is 0.544. The number of aryl methyl sites for hydroxylation is 1. The minimum absolute atomic E-state index is 0.163. The normalized spacial score (nSPS) is 14.6. The van der Waals surface area contributed by atoms with Gasteiger partial charge in [-0.05, 0) is 51.0 Å². The number of para-hydroxylation sites is 1. The number of likely N-dealkylation sites (tertiary alicyclic amines) is 1. The molecule has 1 fully saturated rings. The predicted octanol–water partition coefficient (Wildman–Crippen LogP) is 4.51. The van der Waals surface area contributed by atoms with E-state index in [2.05, 4.69) is 5.10 Å². The molecule has 3 aromatic rings. The number of ether oxygens (including phenoxy) is 1. The Kier molecular flexibility index (Phi) is 6.13. The van der Waals surface area contributed by atoms with Crippen molar-refractivity contribution in [1.82, 2.24) is 14.7 Å². The Labute approximate surface area is 185 Å². The molecule has 2 aromatic heterocycles. The topological polar surface area (TPSA) is 77.6 Å². The van der Waals surface area contributed by atoms with Gasteiger partial charge in [0.25, 0.3) is 5.91 Å². The maximum absolute atomic E-state index is 13.4. The molecule has 1 aliphatic rings. The third-order valence-corrected chi connectivity index (χ3v) is 5.72. The van der Waals surface area contributed by atoms with Gasteiger partial charge in [-0.1, -0.05) is 23.7 Å². The lowest BCUT2D eigenvalue weighted by atomic mass is 9.97. The van der Waals surface area contributed by atoms with E-state index in [0.29, 0.717) is 60.4 Å². The van der Waals surface area contributed by atoms with Crippen molar-refractivity contribution in [2.75, 3.05) is 19.7 Å². The summed E-state index contributed by atoms with van der Waals surface area (Å²) in [6.45, 7) is 4.97. The van der Waals surface area contributed by atoms with Gasteiger partial charge in [-0.3, -0.25) is 9.59 Å². The van der Waals surface area contributed by atoms with Crippen LogP contribution in [0.5, 0.6) is 0 Å². The summed E-state index contributed by atoms with van der Waals surface area (Å²) in [7, 11) is 0. The number of furan rings is 1. The molecule has 0 N–H and O–H groups in total. The fraction of sp³-hybridized carbons (Fsp3) is 0.348. The highest BCUT2D eigenvalue weighted by atomic mass is 35.5. The zero-order chi connectivity index (χ0) is 22.0. The lowest BCUT2D eigenvalue weighted by molar-refractivity contribution is -0.149. The molecule has 0 aliphatic carbocycles. The Morgan fingerprint density at radius 3 is 2.58 bits per heavy atom. The standard InChI is InChI=1S/C23H24ClN3O4/c1-3-30-23(29)16-10-12-26(13-11-16)22(28)20-14-18(21-9-8-15(2)31-21)25-27(20)19-7-5-4-6-17(19)24/h4-9,14,16H,3,10-13H2,1-2H3. The van der Waals surface area contributed by atoms with E-state index < -0.39 is 0 Å². The van der Waals surface area contributed by atoms with Crippen LogP contribution in [0.1, 0.15) is 36.0 Å². The molecule has 0 saturated carbocycles. The molecule has 8 heteroatoms. The van der Waals surface area contributed by atoms with Gasteiger partial charge in [0.1, 0.15) is 17.1 Å². The van der Waals surface area contributed by atoms with Crippen molar-refractivity contribution in [2.24, 2.45) is 5.92 Å². The number of carbonyl (C=O) groups excluding carboxylic acids is 2. The fourth-order valence-electron chi connectivity index (χ4n) is 3.77. The van der Waals surface area contributed by atoms with Gasteiger partial charge >= 0.3 is 5.97 Å². The molecular formula is C23H24ClN3O4. The second-order valence-electron chi connectivity index (χ2n) is 7.51. The van der Waals surface area contributed by atoms with E-state index >= 15 is 0 Å². The molecule has 31 heavy (non-hydrogen) atoms. The van der Waals surface area contributed by atoms with E-state index in [1.54, 1.807) is 28.6 Å². The molecule has 0 unspecified atom stereocenters. The second-order valence-corrected chi connectivity index (χ2v) is 7.91. The molecule has 0 atom stereocenters. The van der Waals surface area contributed by atoms with Crippen molar-refractivity contribution in [3.63, 3.8) is 0 Å². The number of aromatic nitrogens is 2. The number of hydrogen-bond donors (Lipinski definition) is 0. The molecule has 0 bridgehead atoms. The molecule has 4 rings (SSSR count). The summed E-state index contributed by atoms with van der Waals surface area (Å²) in [6, 6.07) is 12.7. The molecule has 1 aromatic carbocycles. The summed E-state index contributed by atoms with van der Waals surface area (Å²) in [4.78, 5) is 27.2. The van der Waals surface area contributed by atoms with Crippen LogP contribution >= 0.6 is 11.6 Å². The van der Waals surface area contributed by atoms with Gasteiger partial charge in [-0.25, -0.2) is 4.68 Å². The van der Waals surface area contributed by atoms with Crippen LogP contribution in [0.4, 0.5) is 0 Å². The minimum atomic E-state index is -0.189. The zero-order valence-electron chi connectivity index (χ0n) is 17.5. The SMILES string of the molecule is CCOC(=O)C1CCN(C(=O)c2cc(-c3ccc(C)o3)nn2-c2ccccc2Cl)CC1. The number of benzene rings is 1. The average Bonchev–Trinajstić information content (AvgIpc) is 3.40. The van der Waals surface area contributed by atoms with Crippen LogP contribution in [0.25, 0.3) is 17.1 Å². The number of carbonyl (C=O) groups is 2. The van der Waals surface area contributed by atoms with E-state index in [4.69, 9.17) is 20.8 Å². The van der Waals surface area contributed by atoms with Crippen molar-refractivity contribution in [3.8, 4) is 17.1 Å². The van der Waals surface area contributed by atoms with Gasteiger partial charge < -0.3 is 14.1 Å². The first-order chi connectivity index (χ1) is 15.0. The van der Waals surface area contributed by atoms with E-state index in [-0.39, 0.29) is 17.8 Å². The number of esters is 1. The number of nitrogens with zero attached hydrogens (tertiary/aromatic N) is 3. The van der Waals surface area contributed by atoms with Gasteiger partial charge in [-0.2, -0.15) is 5.10 Å². The first-order valence-electron chi connectivity index (χ1n) is 10.4. The molecule has 162 valence electrons. The van der Waals surface area contributed by atoms with Crippen LogP contribution in [0.15, 0.2) is 46.9 Å². The number of rotatable bonds is 5. The lowest BCUT2D eigenvalue weighted by Crippen LogP contribution is -2.41. The van der Waals surface area contributed by atoms with E-state index in [1.165, 1.54) is 0 Å². The second kappa shape index (κ2) is 8.98. The summed E-state index contributed by atoms with van der Waals surface area (Å²) >= 11 is 6.40. The van der Waals surface area contributed by atoms with E-state index in [0.717, 1.165) is 5.76 Å². The maximum Gasteiger partial charge on any atom is 0.309 e. The van der Waals surface area contributed by atoms with Crippen molar-refractivity contribution in [2.45, 2.75) is 26.7 Å². The highest BCUT2D eigenvalue weighted by Crippen LogP contribution is 2.28. The number of amides is 1. The van der Waals surface area contributed by atoms with Crippen molar-refractivity contribution >= 4 is 23.5 Å². The predicted molar refractivity (Wildman–Crippen MR) is 116 cm³/mol. The van der Waals surface area contributed by atoms with Crippen LogP contribution in [0.2, 0.25) is 5.02 Å². The summed E-state index contributed by atoms with van der Waals surface area (Å²) < 4.78 is 12.4. The molecule has 7 nitrogen and oxygen atoms in total. The molecule has 0 spiro atoms. The summed E-state index contributed by atoms with van der Waals surface area (Å²) in [6.07, 6.45) is 1.16. The van der Waals surface area contributed by atoms with Gasteiger partial charge in [0.2, 0.25) is 0 Å². The highest BCUT2D eigenvalue weighted by Gasteiger charge is 2.31. The van der Waals surface area contributed by atoms with Crippen LogP contribution in [-0.2, 0) is 9.53 Å². The number of halogens is 1. The molecule has 1 aliphatic heterocycles. The fourth-order valence-corrected chi connectivity index (χ4v) is 3.99. The Morgan fingerprint density at radius 1 is 1.19 bits per heavy atom. The Morgan fingerprint density at radius 2 is 1.94 bits per heavy atom. The summed E-state index contributed by atoms with van der Waals surface area (Å²) in [5, 5.41) is 5.11. The zero-order valence-corrected chi connectivity index (χ0v) is 18.3. The highest BCUT2D eigenvalue weighted by molar-refractivity contribution is 6.32. The molecule has 1 saturated heterocycles. The van der Waals surface area contributed by atoms with Crippen LogP contribution in [0, 0.1) is 12.8 Å². The Bertz CT molecular complexity index is 1100. The van der Waals surface area contributed by atoms with Gasteiger partial charge in [-0.15, -0.1) is 0 Å². The average molecular weight is 442 g/mol. The molecule has 1 amide bonds. The van der Waals surface area contributed by atoms with Gasteiger partial charge in [0.15, 0.2) is 5.76 Å². The van der Waals surface area contributed by atoms with Crippen LogP contribution < -0.4 is 0 Å². The smallest absolute Gasteiger partial charge is 0.309 e.